The summed E-state index contributed by atoms with van der Waals surface area (Å²) in [6.07, 6.45) is 4.12. The van der Waals surface area contributed by atoms with Gasteiger partial charge < -0.3 is 15.2 Å². The lowest BCUT2D eigenvalue weighted by Crippen LogP contribution is -2.46. The first kappa shape index (κ1) is 24.3. The van der Waals surface area contributed by atoms with E-state index in [-0.39, 0.29) is 36.8 Å². The van der Waals surface area contributed by atoms with E-state index in [9.17, 15) is 4.79 Å². The van der Waals surface area contributed by atoms with Crippen LogP contribution in [-0.2, 0) is 24.8 Å². The molecule has 1 atom stereocenters. The molecule has 3 heterocycles. The third kappa shape index (κ3) is 6.02. The Kier molecular flexibility index (Phi) is 9.26. The lowest BCUT2D eigenvalue weighted by atomic mass is 10.1. The third-order valence-electron chi connectivity index (χ3n) is 4.84. The van der Waals surface area contributed by atoms with E-state index in [0.29, 0.717) is 6.42 Å². The molecule has 0 bridgehead atoms. The highest BCUT2D eigenvalue weighted by Crippen LogP contribution is 2.23. The molecule has 0 saturated carbocycles. The summed E-state index contributed by atoms with van der Waals surface area (Å²) < 4.78 is 2.07. The number of hydrogen-bond acceptors (Lipinski definition) is 6. The van der Waals surface area contributed by atoms with E-state index >= 15 is 0 Å². The lowest BCUT2D eigenvalue weighted by molar-refractivity contribution is -0.115. The highest BCUT2D eigenvalue weighted by molar-refractivity contribution is 7.09. The number of aromatic nitrogens is 3. The molecule has 0 radical (unpaired) electrons. The van der Waals surface area contributed by atoms with E-state index in [2.05, 4.69) is 30.5 Å². The van der Waals surface area contributed by atoms with Crippen molar-refractivity contribution < 1.29 is 4.79 Å². The predicted octanol–water partition coefficient (Wildman–Crippen LogP) is 3.05. The number of anilines is 1. The number of halogens is 2. The maximum absolute atomic E-state index is 12.3. The van der Waals surface area contributed by atoms with Crippen molar-refractivity contribution in [3.8, 4) is 0 Å². The van der Waals surface area contributed by atoms with Gasteiger partial charge >= 0.3 is 0 Å². The number of amides is 1. The van der Waals surface area contributed by atoms with Crippen LogP contribution < -0.4 is 10.6 Å². The summed E-state index contributed by atoms with van der Waals surface area (Å²) >= 11 is 1.54. The van der Waals surface area contributed by atoms with Crippen molar-refractivity contribution in [2.45, 2.75) is 19.0 Å². The predicted molar refractivity (Wildman–Crippen MR) is 125 cm³/mol. The van der Waals surface area contributed by atoms with Crippen molar-refractivity contribution in [3.63, 3.8) is 0 Å². The lowest BCUT2D eigenvalue weighted by Gasteiger charge is -2.35. The van der Waals surface area contributed by atoms with Crippen molar-refractivity contribution in [1.82, 2.24) is 24.8 Å². The molecule has 1 aromatic carbocycles. The molecule has 0 spiro atoms. The van der Waals surface area contributed by atoms with Crippen LogP contribution in [0.2, 0.25) is 0 Å². The van der Waals surface area contributed by atoms with Crippen LogP contribution in [0.1, 0.15) is 22.6 Å². The van der Waals surface area contributed by atoms with E-state index in [1.165, 1.54) is 0 Å². The molecular formula is C20H26Cl2N6OS. The number of imidazole rings is 1. The fraction of sp³-hybridized carbons (Fsp3) is 0.350. The highest BCUT2D eigenvalue weighted by atomic mass is 35.5. The van der Waals surface area contributed by atoms with Gasteiger partial charge in [-0.25, -0.2) is 9.97 Å². The molecule has 2 N–H and O–H groups in total. The zero-order valence-corrected chi connectivity index (χ0v) is 19.1. The summed E-state index contributed by atoms with van der Waals surface area (Å²) in [5.41, 5.74) is 1.82. The molecule has 3 aromatic rings. The summed E-state index contributed by atoms with van der Waals surface area (Å²) in [6.45, 7) is 3.54. The van der Waals surface area contributed by atoms with E-state index in [4.69, 9.17) is 4.98 Å². The number of rotatable bonds is 6. The van der Waals surface area contributed by atoms with E-state index in [0.717, 1.165) is 48.4 Å². The Bertz CT molecular complexity index is 932. The summed E-state index contributed by atoms with van der Waals surface area (Å²) in [7, 11) is 2.03. The quantitative estimate of drug-likeness (QED) is 0.581. The Balaban J connectivity index is 0.00000160. The average molecular weight is 469 g/mol. The molecule has 1 aliphatic heterocycles. The zero-order chi connectivity index (χ0) is 19.3. The Morgan fingerprint density at radius 2 is 2.10 bits per heavy atom. The van der Waals surface area contributed by atoms with Crippen molar-refractivity contribution in [2.75, 3.05) is 25.0 Å². The fourth-order valence-electron chi connectivity index (χ4n) is 3.46. The molecule has 2 aromatic heterocycles. The van der Waals surface area contributed by atoms with Gasteiger partial charge in [0.1, 0.15) is 10.8 Å². The van der Waals surface area contributed by atoms with Gasteiger partial charge in [-0.3, -0.25) is 9.69 Å². The number of thiazole rings is 1. The largest absolute Gasteiger partial charge is 0.337 e. The number of para-hydroxylation sites is 1. The van der Waals surface area contributed by atoms with Crippen molar-refractivity contribution >= 4 is 47.7 Å². The van der Waals surface area contributed by atoms with Gasteiger partial charge in [0.05, 0.1) is 18.2 Å². The van der Waals surface area contributed by atoms with Gasteiger partial charge in [0, 0.05) is 56.7 Å². The van der Waals surface area contributed by atoms with Crippen LogP contribution in [0.4, 0.5) is 5.69 Å². The smallest absolute Gasteiger partial charge is 0.231 e. The van der Waals surface area contributed by atoms with Gasteiger partial charge in [-0.2, -0.15) is 0 Å². The van der Waals surface area contributed by atoms with Gasteiger partial charge in [0.2, 0.25) is 5.91 Å². The van der Waals surface area contributed by atoms with E-state index < -0.39 is 0 Å². The van der Waals surface area contributed by atoms with Crippen LogP contribution in [0.3, 0.4) is 0 Å². The standard InChI is InChI=1S/C20H24N6OS.2ClH/c1-25-9-8-22-20(25)17-12-21-7-10-26(17)13-16-14-28-19(24-16)11-18(27)23-15-5-3-2-4-6-15;;/h2-6,8-9,14,17,21H,7,10-13H2,1H3,(H,23,27);2*1H. The molecule has 1 unspecified atom stereocenters. The minimum absolute atomic E-state index is 0. The molecule has 162 valence electrons. The minimum atomic E-state index is -0.0415. The second-order valence-corrected chi connectivity index (χ2v) is 7.85. The number of piperazine rings is 1. The van der Waals surface area contributed by atoms with Crippen LogP contribution in [0.15, 0.2) is 48.1 Å². The van der Waals surface area contributed by atoms with Gasteiger partial charge in [0.25, 0.3) is 0 Å². The molecule has 7 nitrogen and oxygen atoms in total. The third-order valence-corrected chi connectivity index (χ3v) is 5.74. The highest BCUT2D eigenvalue weighted by Gasteiger charge is 2.27. The Hall–Kier alpha value is -1.97. The number of nitrogens with zero attached hydrogens (tertiary/aromatic N) is 4. The van der Waals surface area contributed by atoms with Crippen molar-refractivity contribution in [3.05, 3.63) is 64.6 Å². The van der Waals surface area contributed by atoms with E-state index in [1.54, 1.807) is 11.3 Å². The Morgan fingerprint density at radius 3 is 2.83 bits per heavy atom. The molecule has 10 heteroatoms. The van der Waals surface area contributed by atoms with Crippen LogP contribution >= 0.6 is 36.2 Å². The average Bonchev–Trinajstić information content (AvgIpc) is 3.32. The number of carbonyl (C=O) groups excluding carboxylic acids is 1. The SMILES string of the molecule is Cl.Cl.Cn1ccnc1C1CNCCN1Cc1csc(CC(=O)Nc2ccccc2)n1. The van der Waals surface area contributed by atoms with Crippen molar-refractivity contribution in [2.24, 2.45) is 7.05 Å². The fourth-order valence-corrected chi connectivity index (χ4v) is 4.25. The Labute approximate surface area is 192 Å². The number of benzene rings is 1. The summed E-state index contributed by atoms with van der Waals surface area (Å²) in [5, 5.41) is 9.26. The Morgan fingerprint density at radius 1 is 1.30 bits per heavy atom. The van der Waals surface area contributed by atoms with Gasteiger partial charge in [-0.15, -0.1) is 36.2 Å². The monoisotopic (exact) mass is 468 g/mol. The van der Waals surface area contributed by atoms with Crippen LogP contribution in [0, 0.1) is 0 Å². The molecule has 30 heavy (non-hydrogen) atoms. The second kappa shape index (κ2) is 11.4. The first-order valence-corrected chi connectivity index (χ1v) is 10.3. The summed E-state index contributed by atoms with van der Waals surface area (Å²) in [5.74, 6) is 1.02. The number of aryl methyl sites for hydroxylation is 1. The molecule has 1 saturated heterocycles. The van der Waals surface area contributed by atoms with Gasteiger partial charge in [-0.05, 0) is 12.1 Å². The van der Waals surface area contributed by atoms with Gasteiger partial charge in [0.15, 0.2) is 0 Å². The molecule has 4 rings (SSSR count). The van der Waals surface area contributed by atoms with Crippen LogP contribution in [-0.4, -0.2) is 45.0 Å². The van der Waals surface area contributed by atoms with Crippen molar-refractivity contribution in [1.29, 1.82) is 0 Å². The maximum Gasteiger partial charge on any atom is 0.231 e. The maximum atomic E-state index is 12.3. The summed E-state index contributed by atoms with van der Waals surface area (Å²) in [6, 6.07) is 9.73. The molecular weight excluding hydrogens is 443 g/mol. The second-order valence-electron chi connectivity index (χ2n) is 6.91. The number of hydrogen-bond donors (Lipinski definition) is 2. The molecule has 1 fully saturated rings. The normalized spacial score (nSPS) is 16.4. The minimum Gasteiger partial charge on any atom is -0.337 e. The topological polar surface area (TPSA) is 75.1 Å². The molecule has 1 aliphatic rings. The number of nitrogens with one attached hydrogen (secondary N) is 2. The van der Waals surface area contributed by atoms with E-state index in [1.807, 2.05) is 49.8 Å². The molecule has 0 aliphatic carbocycles. The zero-order valence-electron chi connectivity index (χ0n) is 16.7. The van der Waals surface area contributed by atoms with Crippen LogP contribution in [0.5, 0.6) is 0 Å². The first-order chi connectivity index (χ1) is 13.7. The first-order valence-electron chi connectivity index (χ1n) is 9.39. The number of carbonyl (C=O) groups is 1. The molecule has 1 amide bonds. The van der Waals surface area contributed by atoms with Crippen LogP contribution in [0.25, 0.3) is 0 Å². The summed E-state index contributed by atoms with van der Waals surface area (Å²) in [4.78, 5) is 23.9. The van der Waals surface area contributed by atoms with Gasteiger partial charge in [-0.1, -0.05) is 18.2 Å².